The molecule has 0 saturated carbocycles. The van der Waals surface area contributed by atoms with Gasteiger partial charge in [0.15, 0.2) is 0 Å². The number of hydrogen-bond donors (Lipinski definition) is 1. The quantitative estimate of drug-likeness (QED) is 0.529. The van der Waals surface area contributed by atoms with E-state index in [1.54, 1.807) is 0 Å². The van der Waals surface area contributed by atoms with Crippen molar-refractivity contribution < 1.29 is 36.2 Å². The van der Waals surface area contributed by atoms with Crippen LogP contribution in [0.5, 0.6) is 5.75 Å². The van der Waals surface area contributed by atoms with Crippen LogP contribution >= 0.6 is 0 Å². The van der Waals surface area contributed by atoms with Gasteiger partial charge in [0, 0.05) is 18.8 Å². The Morgan fingerprint density at radius 2 is 1.92 bits per heavy atom. The van der Waals surface area contributed by atoms with Crippen molar-refractivity contribution >= 4 is 15.7 Å². The van der Waals surface area contributed by atoms with Gasteiger partial charge in [-0.15, -0.1) is 6.42 Å². The number of halogens is 3. The molecule has 0 amide bonds. The van der Waals surface area contributed by atoms with Crippen molar-refractivity contribution in [3.63, 3.8) is 0 Å². The molecule has 0 spiro atoms. The van der Waals surface area contributed by atoms with Crippen molar-refractivity contribution in [2.45, 2.75) is 62.2 Å². The highest BCUT2D eigenvalue weighted by Gasteiger charge is 2.38. The van der Waals surface area contributed by atoms with E-state index >= 15 is 0 Å². The van der Waals surface area contributed by atoms with Crippen LogP contribution in [0.2, 0.25) is 0 Å². The SMILES string of the molecule is C#C[C@H]1CCc2ccc(C(F)(F)F)cc2N1S(=O)(=O)c1ccc(OCC2CCCCOCC2)c(CO)c1. The molecule has 2 aliphatic rings. The van der Waals surface area contributed by atoms with Crippen LogP contribution in [0.3, 0.4) is 0 Å². The fraction of sp³-hybridized carbons (Fsp3) is 0.481. The highest BCUT2D eigenvalue weighted by molar-refractivity contribution is 7.92. The molecule has 6 nitrogen and oxygen atoms in total. The molecule has 200 valence electrons. The molecule has 2 aromatic rings. The van der Waals surface area contributed by atoms with Crippen LogP contribution in [0.4, 0.5) is 18.9 Å². The largest absolute Gasteiger partial charge is 0.493 e. The Morgan fingerprint density at radius 3 is 2.65 bits per heavy atom. The lowest BCUT2D eigenvalue weighted by Crippen LogP contribution is -2.43. The average Bonchev–Trinajstić information content (AvgIpc) is 2.86. The van der Waals surface area contributed by atoms with E-state index in [0.29, 0.717) is 30.9 Å². The zero-order chi connectivity index (χ0) is 26.6. The van der Waals surface area contributed by atoms with Crippen molar-refractivity contribution in [1.29, 1.82) is 0 Å². The molecule has 0 aliphatic carbocycles. The zero-order valence-electron chi connectivity index (χ0n) is 20.3. The zero-order valence-corrected chi connectivity index (χ0v) is 21.2. The molecule has 4 rings (SSSR count). The Bertz CT molecular complexity index is 1250. The van der Waals surface area contributed by atoms with Crippen LogP contribution in [0.1, 0.15) is 48.8 Å². The number of nitrogens with zero attached hydrogens (tertiary/aromatic N) is 1. The molecule has 1 fully saturated rings. The third kappa shape index (κ3) is 6.06. The fourth-order valence-electron chi connectivity index (χ4n) is 4.78. The van der Waals surface area contributed by atoms with E-state index in [4.69, 9.17) is 15.9 Å². The number of sulfonamides is 1. The van der Waals surface area contributed by atoms with Gasteiger partial charge in [-0.05, 0) is 73.9 Å². The summed E-state index contributed by atoms with van der Waals surface area (Å²) in [6.07, 6.45) is 5.47. The second-order valence-corrected chi connectivity index (χ2v) is 11.2. The molecule has 0 radical (unpaired) electrons. The lowest BCUT2D eigenvalue weighted by atomic mass is 9.97. The second kappa shape index (κ2) is 11.3. The molecule has 0 bridgehead atoms. The van der Waals surface area contributed by atoms with Crippen molar-refractivity contribution in [2.75, 3.05) is 24.1 Å². The number of terminal acetylenes is 1. The van der Waals surface area contributed by atoms with Crippen LogP contribution in [0.25, 0.3) is 0 Å². The van der Waals surface area contributed by atoms with Gasteiger partial charge >= 0.3 is 6.18 Å². The Kier molecular flexibility index (Phi) is 8.36. The smallest absolute Gasteiger partial charge is 0.416 e. The average molecular weight is 538 g/mol. The van der Waals surface area contributed by atoms with Crippen LogP contribution in [0, 0.1) is 18.3 Å². The number of aryl methyl sites for hydroxylation is 1. The second-order valence-electron chi connectivity index (χ2n) is 9.36. The highest BCUT2D eigenvalue weighted by Crippen LogP contribution is 2.40. The Labute approximate surface area is 215 Å². The van der Waals surface area contributed by atoms with Crippen LogP contribution in [-0.2, 0) is 34.0 Å². The lowest BCUT2D eigenvalue weighted by Gasteiger charge is -2.35. The van der Waals surface area contributed by atoms with E-state index in [9.17, 15) is 26.7 Å². The first-order valence-corrected chi connectivity index (χ1v) is 13.7. The van der Waals surface area contributed by atoms with Gasteiger partial charge in [0.05, 0.1) is 29.4 Å². The van der Waals surface area contributed by atoms with Gasteiger partial charge in [0.25, 0.3) is 10.0 Å². The summed E-state index contributed by atoms with van der Waals surface area (Å²) in [5.41, 5.74) is -0.305. The Morgan fingerprint density at radius 1 is 1.11 bits per heavy atom. The molecule has 2 heterocycles. The van der Waals surface area contributed by atoms with Gasteiger partial charge in [-0.1, -0.05) is 18.4 Å². The molecule has 2 aromatic carbocycles. The lowest BCUT2D eigenvalue weighted by molar-refractivity contribution is -0.137. The summed E-state index contributed by atoms with van der Waals surface area (Å²) in [6, 6.07) is 6.22. The minimum atomic E-state index is -4.64. The molecular formula is C27H30F3NO5S. The van der Waals surface area contributed by atoms with Gasteiger partial charge in [-0.3, -0.25) is 4.31 Å². The maximum atomic E-state index is 13.7. The molecule has 2 aliphatic heterocycles. The molecule has 1 unspecified atom stereocenters. The topological polar surface area (TPSA) is 76.1 Å². The number of aliphatic hydroxyl groups is 1. The molecule has 10 heteroatoms. The van der Waals surface area contributed by atoms with Gasteiger partial charge < -0.3 is 14.6 Å². The molecule has 37 heavy (non-hydrogen) atoms. The number of anilines is 1. The highest BCUT2D eigenvalue weighted by atomic mass is 32.2. The monoisotopic (exact) mass is 537 g/mol. The van der Waals surface area contributed by atoms with Gasteiger partial charge in [-0.2, -0.15) is 13.2 Å². The van der Waals surface area contributed by atoms with E-state index in [-0.39, 0.29) is 28.5 Å². The molecule has 0 aromatic heterocycles. The van der Waals surface area contributed by atoms with E-state index in [1.807, 2.05) is 0 Å². The predicted octanol–water partition coefficient (Wildman–Crippen LogP) is 4.93. The molecule has 2 atom stereocenters. The number of fused-ring (bicyclic) bond motifs is 1. The van der Waals surface area contributed by atoms with E-state index < -0.39 is 34.4 Å². The minimum Gasteiger partial charge on any atom is -0.493 e. The summed E-state index contributed by atoms with van der Waals surface area (Å²) in [4.78, 5) is -0.186. The first-order valence-electron chi connectivity index (χ1n) is 12.3. The predicted molar refractivity (Wildman–Crippen MR) is 133 cm³/mol. The van der Waals surface area contributed by atoms with Crippen molar-refractivity contribution in [1.82, 2.24) is 0 Å². The Balaban J connectivity index is 1.64. The van der Waals surface area contributed by atoms with E-state index in [0.717, 1.165) is 48.7 Å². The number of benzene rings is 2. The van der Waals surface area contributed by atoms with E-state index in [1.165, 1.54) is 24.3 Å². The summed E-state index contributed by atoms with van der Waals surface area (Å²) in [6.45, 7) is 1.35. The standard InChI is InChI=1S/C27H30F3NO5S/c1-2-23-9-7-20-6-8-22(27(28,29)30)16-25(20)31(23)37(33,34)24-10-11-26(21(15-24)17-32)36-18-19-5-3-4-13-35-14-12-19/h1,6,8,10-11,15-16,19,23,32H,3-5,7,9,12-14,17-18H2/t19?,23-/m0/s1. The first-order chi connectivity index (χ1) is 17.6. The molecule has 1 N–H and O–H groups in total. The Hall–Kier alpha value is -2.74. The summed E-state index contributed by atoms with van der Waals surface area (Å²) in [5, 5.41) is 9.95. The molecular weight excluding hydrogens is 507 g/mol. The van der Waals surface area contributed by atoms with Crippen molar-refractivity contribution in [3.05, 3.63) is 53.1 Å². The number of aliphatic hydroxyl groups excluding tert-OH is 1. The summed E-state index contributed by atoms with van der Waals surface area (Å²) >= 11 is 0. The van der Waals surface area contributed by atoms with Crippen LogP contribution in [0.15, 0.2) is 41.3 Å². The van der Waals surface area contributed by atoms with Gasteiger partial charge in [0.2, 0.25) is 0 Å². The summed E-state index contributed by atoms with van der Waals surface area (Å²) in [7, 11) is -4.35. The summed E-state index contributed by atoms with van der Waals surface area (Å²) in [5.74, 6) is 3.05. The van der Waals surface area contributed by atoms with Crippen LogP contribution < -0.4 is 9.04 Å². The maximum absolute atomic E-state index is 13.7. The first kappa shape index (κ1) is 27.3. The number of alkyl halides is 3. The number of ether oxygens (including phenoxy) is 2. The van der Waals surface area contributed by atoms with Gasteiger partial charge in [0.1, 0.15) is 11.8 Å². The normalized spacial score (nSPS) is 20.9. The molecule has 1 saturated heterocycles. The number of hydrogen-bond acceptors (Lipinski definition) is 5. The third-order valence-corrected chi connectivity index (χ3v) is 8.69. The number of rotatable bonds is 6. The van der Waals surface area contributed by atoms with Crippen molar-refractivity contribution in [2.24, 2.45) is 5.92 Å². The minimum absolute atomic E-state index is 0.0820. The van der Waals surface area contributed by atoms with Crippen LogP contribution in [-0.4, -0.2) is 39.4 Å². The van der Waals surface area contributed by atoms with Crippen molar-refractivity contribution in [3.8, 4) is 18.1 Å². The fourth-order valence-corrected chi connectivity index (χ4v) is 6.47. The third-order valence-electron chi connectivity index (χ3n) is 6.87. The van der Waals surface area contributed by atoms with Gasteiger partial charge in [-0.25, -0.2) is 8.42 Å². The summed E-state index contributed by atoms with van der Waals surface area (Å²) < 4.78 is 80.1. The maximum Gasteiger partial charge on any atom is 0.416 e. The van der Waals surface area contributed by atoms with E-state index in [2.05, 4.69) is 5.92 Å².